The Balaban J connectivity index is 2.85. The second-order valence-corrected chi connectivity index (χ2v) is 3.30. The van der Waals surface area contributed by atoms with Crippen molar-refractivity contribution in [2.24, 2.45) is 0 Å². The van der Waals surface area contributed by atoms with Gasteiger partial charge >= 0.3 is 12.1 Å². The van der Waals surface area contributed by atoms with E-state index in [9.17, 15) is 18.0 Å². The molecule has 0 spiro atoms. The van der Waals surface area contributed by atoms with Crippen molar-refractivity contribution in [3.63, 3.8) is 0 Å². The predicted octanol–water partition coefficient (Wildman–Crippen LogP) is 3.08. The van der Waals surface area contributed by atoms with Gasteiger partial charge in [-0.3, -0.25) is 4.79 Å². The summed E-state index contributed by atoms with van der Waals surface area (Å²) in [6.45, 7) is 0. The van der Waals surface area contributed by atoms with Gasteiger partial charge in [0, 0.05) is 11.0 Å². The second kappa shape index (κ2) is 4.65. The summed E-state index contributed by atoms with van der Waals surface area (Å²) in [5.74, 6) is -1.96. The third kappa shape index (κ3) is 3.23. The molecule has 0 heterocycles. The van der Waals surface area contributed by atoms with Gasteiger partial charge in [0.05, 0.1) is 0 Å². The summed E-state index contributed by atoms with van der Waals surface area (Å²) in [5.41, 5.74) is 0.756. The van der Waals surface area contributed by atoms with E-state index in [1.165, 1.54) is 6.07 Å². The monoisotopic (exact) mass is 281 g/mol. The first-order chi connectivity index (χ1) is 6.95. The molecule has 0 saturated carbocycles. The fourth-order valence-electron chi connectivity index (χ4n) is 0.952. The van der Waals surface area contributed by atoms with Gasteiger partial charge in [-0.2, -0.15) is 13.2 Å². The molecule has 0 aliphatic heterocycles. The lowest BCUT2D eigenvalue weighted by Gasteiger charge is -2.10. The summed E-state index contributed by atoms with van der Waals surface area (Å²) in [6.07, 6.45) is -4.86. The summed E-state index contributed by atoms with van der Waals surface area (Å²) >= 11 is 3.12. The molecular formula is C9H7BrF3NO. The molecule has 82 valence electrons. The summed E-state index contributed by atoms with van der Waals surface area (Å²) in [7, 11) is 0. The smallest absolute Gasteiger partial charge is 0.318 e. The van der Waals surface area contributed by atoms with Crippen LogP contribution in [0.25, 0.3) is 0 Å². The van der Waals surface area contributed by atoms with Gasteiger partial charge in [0.25, 0.3) is 0 Å². The Morgan fingerprint density at radius 3 is 2.47 bits per heavy atom. The number of rotatable bonds is 2. The van der Waals surface area contributed by atoms with Crippen LogP contribution in [0.4, 0.5) is 18.9 Å². The number of benzene rings is 1. The van der Waals surface area contributed by atoms with Gasteiger partial charge < -0.3 is 5.32 Å². The van der Waals surface area contributed by atoms with Crippen LogP contribution < -0.4 is 5.32 Å². The van der Waals surface area contributed by atoms with Crippen LogP contribution in [0.1, 0.15) is 5.56 Å². The van der Waals surface area contributed by atoms with Crippen molar-refractivity contribution in [3.8, 4) is 0 Å². The van der Waals surface area contributed by atoms with Crippen molar-refractivity contribution < 1.29 is 18.0 Å². The number of alkyl halides is 4. The highest BCUT2D eigenvalue weighted by molar-refractivity contribution is 9.08. The van der Waals surface area contributed by atoms with Gasteiger partial charge in [-0.1, -0.05) is 34.1 Å². The van der Waals surface area contributed by atoms with Crippen molar-refractivity contribution in [1.82, 2.24) is 0 Å². The number of halogens is 4. The summed E-state index contributed by atoms with van der Waals surface area (Å²) in [4.78, 5) is 10.7. The van der Waals surface area contributed by atoms with Crippen molar-refractivity contribution in [1.29, 1.82) is 0 Å². The number of carbonyl (C=O) groups excluding carboxylic acids is 1. The summed E-state index contributed by atoms with van der Waals surface area (Å²) in [5, 5.41) is 2.18. The Bertz CT molecular complexity index is 365. The summed E-state index contributed by atoms with van der Waals surface area (Å²) < 4.78 is 35.8. The largest absolute Gasteiger partial charge is 0.471 e. The fraction of sp³-hybridized carbons (Fsp3) is 0.222. The van der Waals surface area contributed by atoms with E-state index in [-0.39, 0.29) is 5.69 Å². The van der Waals surface area contributed by atoms with Crippen molar-refractivity contribution in [3.05, 3.63) is 29.8 Å². The van der Waals surface area contributed by atoms with Crippen LogP contribution in [0.5, 0.6) is 0 Å². The molecule has 0 saturated heterocycles. The van der Waals surface area contributed by atoms with E-state index in [0.717, 1.165) is 0 Å². The van der Waals surface area contributed by atoms with Gasteiger partial charge in [0.15, 0.2) is 0 Å². The van der Waals surface area contributed by atoms with E-state index in [1.807, 2.05) is 5.32 Å². The molecule has 2 nitrogen and oxygen atoms in total. The Labute approximate surface area is 92.6 Å². The summed E-state index contributed by atoms with van der Waals surface area (Å²) in [6, 6.07) is 6.28. The molecule has 1 amide bonds. The lowest BCUT2D eigenvalue weighted by molar-refractivity contribution is -0.167. The van der Waals surface area contributed by atoms with E-state index in [1.54, 1.807) is 18.2 Å². The third-order valence-corrected chi connectivity index (χ3v) is 2.27. The van der Waals surface area contributed by atoms with Crippen LogP contribution >= 0.6 is 15.9 Å². The zero-order chi connectivity index (χ0) is 11.5. The van der Waals surface area contributed by atoms with Crippen LogP contribution in [0, 0.1) is 0 Å². The predicted molar refractivity (Wildman–Crippen MR) is 53.8 cm³/mol. The molecule has 1 aromatic rings. The lowest BCUT2D eigenvalue weighted by atomic mass is 10.2. The number of para-hydroxylation sites is 1. The fourth-order valence-corrected chi connectivity index (χ4v) is 1.44. The molecule has 0 fully saturated rings. The highest BCUT2D eigenvalue weighted by atomic mass is 79.9. The maximum Gasteiger partial charge on any atom is 0.471 e. The van der Waals surface area contributed by atoms with Gasteiger partial charge in [0.2, 0.25) is 0 Å². The van der Waals surface area contributed by atoms with E-state index in [2.05, 4.69) is 15.9 Å². The average molecular weight is 282 g/mol. The van der Waals surface area contributed by atoms with Crippen LogP contribution in [-0.2, 0) is 10.1 Å². The molecule has 1 N–H and O–H groups in total. The molecule has 0 radical (unpaired) electrons. The van der Waals surface area contributed by atoms with Crippen LogP contribution in [-0.4, -0.2) is 12.1 Å². The topological polar surface area (TPSA) is 29.1 Å². The Kier molecular flexibility index (Phi) is 3.73. The number of amides is 1. The molecule has 0 unspecified atom stereocenters. The van der Waals surface area contributed by atoms with Crippen LogP contribution in [0.3, 0.4) is 0 Å². The Hall–Kier alpha value is -1.04. The van der Waals surface area contributed by atoms with Crippen LogP contribution in [0.2, 0.25) is 0 Å². The van der Waals surface area contributed by atoms with E-state index < -0.39 is 12.1 Å². The van der Waals surface area contributed by atoms with Crippen molar-refractivity contribution in [2.75, 3.05) is 5.32 Å². The van der Waals surface area contributed by atoms with Gasteiger partial charge in [0.1, 0.15) is 0 Å². The minimum atomic E-state index is -4.86. The first kappa shape index (κ1) is 12.0. The number of hydrogen-bond donors (Lipinski definition) is 1. The molecule has 0 bridgehead atoms. The first-order valence-electron chi connectivity index (χ1n) is 3.97. The maximum absolute atomic E-state index is 11.9. The zero-order valence-corrected chi connectivity index (χ0v) is 9.02. The SMILES string of the molecule is O=C(Nc1ccccc1CBr)C(F)(F)F. The lowest BCUT2D eigenvalue weighted by Crippen LogP contribution is -2.30. The molecule has 6 heteroatoms. The average Bonchev–Trinajstić information content (AvgIpc) is 2.17. The van der Waals surface area contributed by atoms with Crippen LogP contribution in [0.15, 0.2) is 24.3 Å². The molecule has 0 aliphatic carbocycles. The number of hydrogen-bond acceptors (Lipinski definition) is 1. The second-order valence-electron chi connectivity index (χ2n) is 2.74. The minimum Gasteiger partial charge on any atom is -0.318 e. The molecule has 15 heavy (non-hydrogen) atoms. The van der Waals surface area contributed by atoms with Gasteiger partial charge in [-0.05, 0) is 11.6 Å². The van der Waals surface area contributed by atoms with Crippen molar-refractivity contribution >= 4 is 27.5 Å². The van der Waals surface area contributed by atoms with Gasteiger partial charge in [-0.15, -0.1) is 0 Å². The number of nitrogens with one attached hydrogen (secondary N) is 1. The zero-order valence-electron chi connectivity index (χ0n) is 7.44. The van der Waals surface area contributed by atoms with Gasteiger partial charge in [-0.25, -0.2) is 0 Å². The highest BCUT2D eigenvalue weighted by Gasteiger charge is 2.38. The van der Waals surface area contributed by atoms with Crippen molar-refractivity contribution in [2.45, 2.75) is 11.5 Å². The molecular weight excluding hydrogens is 275 g/mol. The maximum atomic E-state index is 11.9. The highest BCUT2D eigenvalue weighted by Crippen LogP contribution is 2.22. The molecule has 0 aromatic heterocycles. The van der Waals surface area contributed by atoms with E-state index in [0.29, 0.717) is 10.9 Å². The normalized spacial score (nSPS) is 11.2. The Morgan fingerprint density at radius 2 is 1.93 bits per heavy atom. The Morgan fingerprint density at radius 1 is 1.33 bits per heavy atom. The van der Waals surface area contributed by atoms with E-state index >= 15 is 0 Å². The third-order valence-electron chi connectivity index (χ3n) is 1.67. The molecule has 0 atom stereocenters. The van der Waals surface area contributed by atoms with E-state index in [4.69, 9.17) is 0 Å². The quantitative estimate of drug-likeness (QED) is 0.830. The molecule has 0 aliphatic rings. The number of carbonyl (C=O) groups is 1. The standard InChI is InChI=1S/C9H7BrF3NO/c10-5-6-3-1-2-4-7(6)14-8(15)9(11,12)13/h1-4H,5H2,(H,14,15). The first-order valence-corrected chi connectivity index (χ1v) is 5.09. The number of anilines is 1. The molecule has 1 rings (SSSR count). The minimum absolute atomic E-state index is 0.164. The molecule has 1 aromatic carbocycles.